The molecule has 15 heavy (non-hydrogen) atoms. The molecule has 5 heteroatoms. The Morgan fingerprint density at radius 2 is 2.47 bits per heavy atom. The third-order valence-corrected chi connectivity index (χ3v) is 2.61. The summed E-state index contributed by atoms with van der Waals surface area (Å²) in [4.78, 5) is 11.7. The number of nitrogens with one attached hydrogen (secondary N) is 1. The van der Waals surface area contributed by atoms with Crippen molar-refractivity contribution in [3.63, 3.8) is 0 Å². The molecule has 1 heterocycles. The molecule has 1 amide bonds. The summed E-state index contributed by atoms with van der Waals surface area (Å²) in [7, 11) is 1.59. The Kier molecular flexibility index (Phi) is 4.50. The average Bonchev–Trinajstić information content (AvgIpc) is 2.61. The number of carbonyl (C=O) groups excluding carboxylic acids is 1. The predicted molar refractivity (Wildman–Crippen MR) is 56.5 cm³/mol. The first kappa shape index (κ1) is 12.4. The SMILES string of the molecule is COCCC(N)C(=O)NC1(C)CCOC1. The van der Waals surface area contributed by atoms with Crippen LogP contribution in [-0.4, -0.2) is 44.4 Å². The number of hydrogen-bond acceptors (Lipinski definition) is 4. The lowest BCUT2D eigenvalue weighted by Gasteiger charge is -2.25. The van der Waals surface area contributed by atoms with Crippen molar-refractivity contribution in [2.75, 3.05) is 26.9 Å². The molecule has 0 radical (unpaired) electrons. The number of hydrogen-bond donors (Lipinski definition) is 2. The van der Waals surface area contributed by atoms with Crippen LogP contribution in [0.5, 0.6) is 0 Å². The van der Waals surface area contributed by atoms with Crippen molar-refractivity contribution in [1.82, 2.24) is 5.32 Å². The van der Waals surface area contributed by atoms with Gasteiger partial charge in [0.05, 0.1) is 18.2 Å². The molecule has 0 aromatic carbocycles. The van der Waals surface area contributed by atoms with Gasteiger partial charge in [-0.05, 0) is 19.8 Å². The van der Waals surface area contributed by atoms with E-state index in [0.717, 1.165) is 6.42 Å². The molecule has 2 atom stereocenters. The van der Waals surface area contributed by atoms with Gasteiger partial charge in [0.25, 0.3) is 0 Å². The summed E-state index contributed by atoms with van der Waals surface area (Å²) in [6.07, 6.45) is 1.38. The summed E-state index contributed by atoms with van der Waals surface area (Å²) in [5.41, 5.74) is 5.46. The van der Waals surface area contributed by atoms with Crippen LogP contribution in [0.25, 0.3) is 0 Å². The lowest BCUT2D eigenvalue weighted by atomic mass is 10.0. The quantitative estimate of drug-likeness (QED) is 0.658. The molecule has 0 aliphatic carbocycles. The molecule has 1 fully saturated rings. The fraction of sp³-hybridized carbons (Fsp3) is 0.900. The summed E-state index contributed by atoms with van der Waals surface area (Å²) < 4.78 is 10.1. The number of amides is 1. The van der Waals surface area contributed by atoms with E-state index in [-0.39, 0.29) is 11.4 Å². The summed E-state index contributed by atoms with van der Waals surface area (Å²) in [5, 5.41) is 2.92. The van der Waals surface area contributed by atoms with Crippen LogP contribution in [0.2, 0.25) is 0 Å². The van der Waals surface area contributed by atoms with Gasteiger partial charge in [0.15, 0.2) is 0 Å². The Balaban J connectivity index is 2.33. The highest BCUT2D eigenvalue weighted by Gasteiger charge is 2.32. The van der Waals surface area contributed by atoms with Crippen molar-refractivity contribution in [2.24, 2.45) is 5.73 Å². The van der Waals surface area contributed by atoms with Crippen LogP contribution < -0.4 is 11.1 Å². The maximum Gasteiger partial charge on any atom is 0.237 e. The molecule has 3 N–H and O–H groups in total. The molecular formula is C10H20N2O3. The zero-order valence-corrected chi connectivity index (χ0v) is 9.41. The van der Waals surface area contributed by atoms with Gasteiger partial charge in [-0.2, -0.15) is 0 Å². The van der Waals surface area contributed by atoms with Crippen LogP contribution in [-0.2, 0) is 14.3 Å². The molecule has 5 nitrogen and oxygen atoms in total. The number of carbonyl (C=O) groups is 1. The van der Waals surface area contributed by atoms with Gasteiger partial charge in [-0.1, -0.05) is 0 Å². The minimum absolute atomic E-state index is 0.125. The van der Waals surface area contributed by atoms with Crippen molar-refractivity contribution in [3.8, 4) is 0 Å². The second kappa shape index (κ2) is 5.44. The Bertz CT molecular complexity index is 215. The van der Waals surface area contributed by atoms with E-state index in [4.69, 9.17) is 15.2 Å². The Labute approximate surface area is 90.3 Å². The fourth-order valence-electron chi connectivity index (χ4n) is 1.53. The van der Waals surface area contributed by atoms with E-state index in [0.29, 0.717) is 26.2 Å². The smallest absolute Gasteiger partial charge is 0.237 e. The van der Waals surface area contributed by atoms with E-state index in [1.807, 2.05) is 6.92 Å². The lowest BCUT2D eigenvalue weighted by Crippen LogP contribution is -2.52. The van der Waals surface area contributed by atoms with Crippen molar-refractivity contribution in [1.29, 1.82) is 0 Å². The number of methoxy groups -OCH3 is 1. The zero-order chi connectivity index (χ0) is 11.3. The first-order chi connectivity index (χ1) is 7.07. The Hall–Kier alpha value is -0.650. The summed E-state index contributed by atoms with van der Waals surface area (Å²) in [6.45, 7) is 3.74. The molecule has 1 saturated heterocycles. The molecule has 0 bridgehead atoms. The van der Waals surface area contributed by atoms with Gasteiger partial charge < -0.3 is 20.5 Å². The van der Waals surface area contributed by atoms with E-state index in [9.17, 15) is 4.79 Å². The summed E-state index contributed by atoms with van der Waals surface area (Å²) in [5.74, 6) is -0.125. The van der Waals surface area contributed by atoms with E-state index < -0.39 is 6.04 Å². The van der Waals surface area contributed by atoms with Gasteiger partial charge in [-0.15, -0.1) is 0 Å². The van der Waals surface area contributed by atoms with Gasteiger partial charge in [0.1, 0.15) is 0 Å². The van der Waals surface area contributed by atoms with E-state index in [1.165, 1.54) is 0 Å². The molecule has 88 valence electrons. The van der Waals surface area contributed by atoms with E-state index in [2.05, 4.69) is 5.32 Å². The zero-order valence-electron chi connectivity index (χ0n) is 9.41. The van der Waals surface area contributed by atoms with Gasteiger partial charge >= 0.3 is 0 Å². The second-order valence-corrected chi connectivity index (χ2v) is 4.24. The lowest BCUT2D eigenvalue weighted by molar-refractivity contribution is -0.124. The van der Waals surface area contributed by atoms with Crippen LogP contribution in [0.1, 0.15) is 19.8 Å². The maximum atomic E-state index is 11.7. The monoisotopic (exact) mass is 216 g/mol. The fourth-order valence-corrected chi connectivity index (χ4v) is 1.53. The third-order valence-electron chi connectivity index (χ3n) is 2.61. The van der Waals surface area contributed by atoms with Crippen molar-refractivity contribution >= 4 is 5.91 Å². The van der Waals surface area contributed by atoms with Crippen LogP contribution in [0, 0.1) is 0 Å². The highest BCUT2D eigenvalue weighted by molar-refractivity contribution is 5.82. The first-order valence-corrected chi connectivity index (χ1v) is 5.22. The Morgan fingerprint density at radius 1 is 1.73 bits per heavy atom. The van der Waals surface area contributed by atoms with Gasteiger partial charge in [0, 0.05) is 20.3 Å². The van der Waals surface area contributed by atoms with Gasteiger partial charge in [-0.3, -0.25) is 4.79 Å². The molecule has 0 aromatic rings. The summed E-state index contributed by atoms with van der Waals surface area (Å²) in [6, 6.07) is -0.498. The van der Waals surface area contributed by atoms with Crippen molar-refractivity contribution in [3.05, 3.63) is 0 Å². The van der Waals surface area contributed by atoms with Crippen molar-refractivity contribution < 1.29 is 14.3 Å². The van der Waals surface area contributed by atoms with Crippen LogP contribution in [0.4, 0.5) is 0 Å². The number of ether oxygens (including phenoxy) is 2. The molecule has 2 unspecified atom stereocenters. The van der Waals surface area contributed by atoms with Crippen LogP contribution in [0.3, 0.4) is 0 Å². The number of nitrogens with two attached hydrogens (primary N) is 1. The molecule has 0 aromatic heterocycles. The molecule has 0 saturated carbocycles. The molecule has 1 aliphatic heterocycles. The molecule has 1 aliphatic rings. The van der Waals surface area contributed by atoms with Gasteiger partial charge in [0.2, 0.25) is 5.91 Å². The molecular weight excluding hydrogens is 196 g/mol. The first-order valence-electron chi connectivity index (χ1n) is 5.22. The van der Waals surface area contributed by atoms with Crippen LogP contribution >= 0.6 is 0 Å². The normalized spacial score (nSPS) is 27.7. The average molecular weight is 216 g/mol. The third kappa shape index (κ3) is 3.77. The van der Waals surface area contributed by atoms with Crippen LogP contribution in [0.15, 0.2) is 0 Å². The maximum absolute atomic E-state index is 11.7. The highest BCUT2D eigenvalue weighted by Crippen LogP contribution is 2.17. The van der Waals surface area contributed by atoms with Crippen molar-refractivity contribution in [2.45, 2.75) is 31.3 Å². The standard InChI is InChI=1S/C10H20N2O3/c1-10(4-6-15-7-10)12-9(13)8(11)3-5-14-2/h8H,3-7,11H2,1-2H3,(H,12,13). The highest BCUT2D eigenvalue weighted by atomic mass is 16.5. The molecule has 1 rings (SSSR count). The second-order valence-electron chi connectivity index (χ2n) is 4.24. The van der Waals surface area contributed by atoms with E-state index >= 15 is 0 Å². The number of rotatable bonds is 5. The minimum atomic E-state index is -0.498. The van der Waals surface area contributed by atoms with Gasteiger partial charge in [-0.25, -0.2) is 0 Å². The van der Waals surface area contributed by atoms with E-state index in [1.54, 1.807) is 7.11 Å². The Morgan fingerprint density at radius 3 is 3.00 bits per heavy atom. The largest absolute Gasteiger partial charge is 0.385 e. The summed E-state index contributed by atoms with van der Waals surface area (Å²) >= 11 is 0. The predicted octanol–water partition coefficient (Wildman–Crippen LogP) is -0.355. The topological polar surface area (TPSA) is 73.6 Å². The molecule has 0 spiro atoms. The minimum Gasteiger partial charge on any atom is -0.385 e.